The SMILES string of the molecule is CC1(C)CC(=O)C2=C(C1)N(c1ccc(F)cc1)C(N)=C(C#N)[C@@H]2c1cc(Br)cs1. The van der Waals surface area contributed by atoms with Crippen molar-refractivity contribution in [2.45, 2.75) is 32.6 Å². The maximum atomic E-state index is 13.5. The number of hydrogen-bond acceptors (Lipinski definition) is 5. The van der Waals surface area contributed by atoms with Crippen molar-refractivity contribution in [3.05, 3.63) is 73.5 Å². The van der Waals surface area contributed by atoms with Gasteiger partial charge in [0.25, 0.3) is 0 Å². The van der Waals surface area contributed by atoms with Gasteiger partial charge in [-0.25, -0.2) is 4.39 Å². The number of carbonyl (C=O) groups excluding carboxylic acids is 1. The van der Waals surface area contributed by atoms with Crippen LogP contribution in [0.3, 0.4) is 0 Å². The van der Waals surface area contributed by atoms with Crippen molar-refractivity contribution in [3.8, 4) is 6.07 Å². The molecule has 1 aliphatic carbocycles. The minimum Gasteiger partial charge on any atom is -0.384 e. The van der Waals surface area contributed by atoms with E-state index in [1.165, 1.54) is 23.5 Å². The lowest BCUT2D eigenvalue weighted by Crippen LogP contribution is -2.42. The topological polar surface area (TPSA) is 70.1 Å². The van der Waals surface area contributed by atoms with Gasteiger partial charge in [0.1, 0.15) is 11.6 Å². The van der Waals surface area contributed by atoms with Gasteiger partial charge in [-0.3, -0.25) is 9.69 Å². The molecule has 29 heavy (non-hydrogen) atoms. The fraction of sp³-hybridized carbons (Fsp3) is 0.273. The number of carbonyl (C=O) groups is 1. The number of anilines is 1. The number of Topliss-reactive ketones (excluding diaryl/α,β-unsaturated/α-hetero) is 1. The van der Waals surface area contributed by atoms with Crippen LogP contribution >= 0.6 is 27.3 Å². The number of benzene rings is 1. The molecule has 0 spiro atoms. The second-order valence-electron chi connectivity index (χ2n) is 8.12. The number of ketones is 1. The van der Waals surface area contributed by atoms with E-state index in [1.807, 2.05) is 25.3 Å². The van der Waals surface area contributed by atoms with Gasteiger partial charge < -0.3 is 5.73 Å². The molecule has 2 aliphatic rings. The molecule has 2 N–H and O–H groups in total. The van der Waals surface area contributed by atoms with E-state index < -0.39 is 5.92 Å². The van der Waals surface area contributed by atoms with Crippen molar-refractivity contribution in [1.29, 1.82) is 5.26 Å². The van der Waals surface area contributed by atoms with Crippen molar-refractivity contribution in [2.24, 2.45) is 11.1 Å². The van der Waals surface area contributed by atoms with Crippen molar-refractivity contribution in [1.82, 2.24) is 0 Å². The lowest BCUT2D eigenvalue weighted by atomic mass is 9.69. The number of hydrogen-bond donors (Lipinski definition) is 1. The highest BCUT2D eigenvalue weighted by atomic mass is 79.9. The zero-order chi connectivity index (χ0) is 20.9. The van der Waals surface area contributed by atoms with Crippen LogP contribution < -0.4 is 10.6 Å². The Morgan fingerprint density at radius 2 is 2.00 bits per heavy atom. The standard InChI is InChI=1S/C22H19BrFN3OS/c1-22(2)8-16-20(17(28)9-22)19(18-7-12(23)11-29-18)15(10-25)21(26)27(16)14-5-3-13(24)4-6-14/h3-7,11,19H,8-9,26H2,1-2H3/t19-/m1/s1. The van der Waals surface area contributed by atoms with Crippen molar-refractivity contribution in [2.75, 3.05) is 4.90 Å². The van der Waals surface area contributed by atoms with Gasteiger partial charge in [-0.2, -0.15) is 5.26 Å². The largest absolute Gasteiger partial charge is 0.384 e. The molecule has 0 amide bonds. The van der Waals surface area contributed by atoms with E-state index in [0.29, 0.717) is 29.7 Å². The van der Waals surface area contributed by atoms with E-state index in [1.54, 1.807) is 17.0 Å². The Hall–Kier alpha value is -2.43. The summed E-state index contributed by atoms with van der Waals surface area (Å²) in [5.74, 6) is -0.521. The van der Waals surface area contributed by atoms with Gasteiger partial charge in [-0.15, -0.1) is 11.3 Å². The average Bonchev–Trinajstić information content (AvgIpc) is 3.07. The van der Waals surface area contributed by atoms with Gasteiger partial charge in [0, 0.05) is 38.1 Å². The van der Waals surface area contributed by atoms with Crippen LogP contribution in [-0.2, 0) is 4.79 Å². The lowest BCUT2D eigenvalue weighted by molar-refractivity contribution is -0.118. The number of thiophene rings is 1. The van der Waals surface area contributed by atoms with Crippen molar-refractivity contribution >= 4 is 38.7 Å². The summed E-state index contributed by atoms with van der Waals surface area (Å²) < 4.78 is 14.4. The molecule has 1 aliphatic heterocycles. The minimum atomic E-state index is -0.480. The van der Waals surface area contributed by atoms with Gasteiger partial charge in [-0.1, -0.05) is 13.8 Å². The highest BCUT2D eigenvalue weighted by molar-refractivity contribution is 9.10. The summed E-state index contributed by atoms with van der Waals surface area (Å²) in [6.45, 7) is 4.10. The molecule has 4 nitrogen and oxygen atoms in total. The van der Waals surface area contributed by atoms with Crippen LogP contribution in [0.5, 0.6) is 0 Å². The van der Waals surface area contributed by atoms with E-state index in [9.17, 15) is 14.4 Å². The van der Waals surface area contributed by atoms with E-state index in [4.69, 9.17) is 5.73 Å². The first-order valence-corrected chi connectivity index (χ1v) is 10.8. The first-order valence-electron chi connectivity index (χ1n) is 9.17. The van der Waals surface area contributed by atoms with E-state index in [0.717, 1.165) is 15.0 Å². The molecule has 0 radical (unpaired) electrons. The van der Waals surface area contributed by atoms with Crippen LogP contribution in [0.25, 0.3) is 0 Å². The summed E-state index contributed by atoms with van der Waals surface area (Å²) in [7, 11) is 0. The van der Waals surface area contributed by atoms with Gasteiger partial charge in [0.05, 0.1) is 17.6 Å². The summed E-state index contributed by atoms with van der Waals surface area (Å²) in [5, 5.41) is 11.9. The predicted molar refractivity (Wildman–Crippen MR) is 116 cm³/mol. The Morgan fingerprint density at radius 3 is 2.59 bits per heavy atom. The second-order valence-corrected chi connectivity index (χ2v) is 9.98. The van der Waals surface area contributed by atoms with Crippen molar-refractivity contribution < 1.29 is 9.18 Å². The molecule has 0 saturated carbocycles. The Labute approximate surface area is 181 Å². The Balaban J connectivity index is 1.99. The maximum absolute atomic E-state index is 13.5. The average molecular weight is 472 g/mol. The number of rotatable bonds is 2. The quantitative estimate of drug-likeness (QED) is 0.619. The molecular weight excluding hydrogens is 453 g/mol. The molecule has 0 unspecified atom stereocenters. The molecule has 0 bridgehead atoms. The molecule has 0 saturated heterocycles. The lowest BCUT2D eigenvalue weighted by Gasteiger charge is -2.43. The first-order chi connectivity index (χ1) is 13.7. The van der Waals surface area contributed by atoms with Crippen LogP contribution in [0.4, 0.5) is 10.1 Å². The van der Waals surface area contributed by atoms with Gasteiger partial charge in [0.2, 0.25) is 0 Å². The summed E-state index contributed by atoms with van der Waals surface area (Å²) in [4.78, 5) is 16.0. The molecular formula is C22H19BrFN3OS. The minimum absolute atomic E-state index is 0.0261. The van der Waals surface area contributed by atoms with Crippen LogP contribution in [0.2, 0.25) is 0 Å². The third kappa shape index (κ3) is 3.41. The molecule has 1 aromatic heterocycles. The van der Waals surface area contributed by atoms with E-state index >= 15 is 0 Å². The zero-order valence-corrected chi connectivity index (χ0v) is 18.4. The van der Waals surface area contributed by atoms with Crippen LogP contribution in [0.15, 0.2) is 62.8 Å². The van der Waals surface area contributed by atoms with E-state index in [2.05, 4.69) is 22.0 Å². The van der Waals surface area contributed by atoms with Gasteiger partial charge in [-0.05, 0) is 58.1 Å². The third-order valence-corrected chi connectivity index (χ3v) is 7.10. The summed E-state index contributed by atoms with van der Waals surface area (Å²) in [6, 6.07) is 10.1. The highest BCUT2D eigenvalue weighted by Crippen LogP contribution is 2.51. The summed E-state index contributed by atoms with van der Waals surface area (Å²) in [5.41, 5.74) is 8.68. The Kier molecular flexibility index (Phi) is 4.88. The summed E-state index contributed by atoms with van der Waals surface area (Å²) in [6.07, 6.45) is 1.04. The third-order valence-electron chi connectivity index (χ3n) is 5.34. The number of nitrogens with zero attached hydrogens (tertiary/aromatic N) is 2. The Bertz CT molecular complexity index is 1110. The van der Waals surface area contributed by atoms with Crippen LogP contribution in [0, 0.1) is 22.6 Å². The Morgan fingerprint density at radius 1 is 1.31 bits per heavy atom. The fourth-order valence-corrected chi connectivity index (χ4v) is 5.72. The fourth-order valence-electron chi connectivity index (χ4n) is 4.16. The van der Waals surface area contributed by atoms with Gasteiger partial charge in [0.15, 0.2) is 5.78 Å². The second kappa shape index (κ2) is 7.12. The van der Waals surface area contributed by atoms with E-state index in [-0.39, 0.29) is 22.8 Å². The summed E-state index contributed by atoms with van der Waals surface area (Å²) >= 11 is 4.96. The normalized spacial score (nSPS) is 21.3. The molecule has 148 valence electrons. The monoisotopic (exact) mass is 471 g/mol. The van der Waals surface area contributed by atoms with Crippen LogP contribution in [0.1, 0.15) is 37.5 Å². The number of allylic oxidation sites excluding steroid dienone is 3. The molecule has 7 heteroatoms. The van der Waals surface area contributed by atoms with Gasteiger partial charge >= 0.3 is 0 Å². The highest BCUT2D eigenvalue weighted by Gasteiger charge is 2.45. The van der Waals surface area contributed by atoms with Crippen LogP contribution in [-0.4, -0.2) is 5.78 Å². The number of nitriles is 1. The van der Waals surface area contributed by atoms with Crippen molar-refractivity contribution in [3.63, 3.8) is 0 Å². The first kappa shape index (κ1) is 19.9. The number of nitrogens with two attached hydrogens (primary N) is 1. The molecule has 1 atom stereocenters. The number of halogens is 2. The molecule has 2 heterocycles. The smallest absolute Gasteiger partial charge is 0.162 e. The molecule has 1 aromatic carbocycles. The maximum Gasteiger partial charge on any atom is 0.162 e. The predicted octanol–water partition coefficient (Wildman–Crippen LogP) is 5.59. The molecule has 2 aromatic rings. The molecule has 4 rings (SSSR count). The molecule has 0 fully saturated rings. The zero-order valence-electron chi connectivity index (χ0n) is 16.0.